The average molecular weight is 386 g/mol. The average Bonchev–Trinajstić information content (AvgIpc) is 3.31. The van der Waals surface area contributed by atoms with Crippen LogP contribution in [0.5, 0.6) is 0 Å². The normalized spacial score (nSPS) is 13.3. The maximum Gasteiger partial charge on any atom is 0.257 e. The van der Waals surface area contributed by atoms with Gasteiger partial charge in [0.25, 0.3) is 5.91 Å². The number of amides is 1. The summed E-state index contributed by atoms with van der Waals surface area (Å²) in [4.78, 5) is 21.6. The Morgan fingerprint density at radius 2 is 1.72 bits per heavy atom. The molecule has 0 unspecified atom stereocenters. The van der Waals surface area contributed by atoms with Gasteiger partial charge in [-0.25, -0.2) is 4.98 Å². The fourth-order valence-electron chi connectivity index (χ4n) is 3.70. The van der Waals surface area contributed by atoms with Crippen LogP contribution in [0.2, 0.25) is 0 Å². The van der Waals surface area contributed by atoms with Crippen molar-refractivity contribution in [3.63, 3.8) is 0 Å². The van der Waals surface area contributed by atoms with Crippen LogP contribution in [-0.4, -0.2) is 30.5 Å². The lowest BCUT2D eigenvalue weighted by Crippen LogP contribution is -2.18. The van der Waals surface area contributed by atoms with Gasteiger partial charge in [-0.3, -0.25) is 4.79 Å². The topological polar surface area (TPSA) is 48.5 Å². The highest BCUT2D eigenvalue weighted by atomic mass is 16.1. The lowest BCUT2D eigenvalue weighted by molar-refractivity contribution is 0.102. The molecule has 1 fully saturated rings. The highest BCUT2D eigenvalue weighted by Crippen LogP contribution is 2.24. The number of aromatic nitrogens is 1. The summed E-state index contributed by atoms with van der Waals surface area (Å²) in [5.41, 5.74) is 3.63. The molecule has 0 aliphatic carbocycles. The van der Waals surface area contributed by atoms with Crippen LogP contribution in [0.15, 0.2) is 72.9 Å². The van der Waals surface area contributed by atoms with Crippen LogP contribution in [0.4, 0.5) is 22.9 Å². The first kappa shape index (κ1) is 19.0. The third-order valence-electron chi connectivity index (χ3n) is 5.27. The number of nitrogens with one attached hydrogen (secondary N) is 1. The molecule has 0 saturated carbocycles. The van der Waals surface area contributed by atoms with Crippen LogP contribution in [0.3, 0.4) is 0 Å². The molecule has 4 rings (SSSR count). The van der Waals surface area contributed by atoms with Crippen molar-refractivity contribution in [2.45, 2.75) is 19.8 Å². The summed E-state index contributed by atoms with van der Waals surface area (Å²) < 4.78 is 0. The van der Waals surface area contributed by atoms with E-state index in [0.29, 0.717) is 5.56 Å². The Hall–Kier alpha value is -3.34. The van der Waals surface area contributed by atoms with E-state index < -0.39 is 0 Å². The molecule has 5 nitrogen and oxygen atoms in total. The largest absolute Gasteiger partial charge is 0.372 e. The predicted octanol–water partition coefficient (Wildman–Crippen LogP) is 5.09. The molecule has 0 radical (unpaired) electrons. The van der Waals surface area contributed by atoms with Crippen LogP contribution in [-0.2, 0) is 0 Å². The number of carbonyl (C=O) groups excluding carboxylic acids is 1. The molecule has 29 heavy (non-hydrogen) atoms. The number of carbonyl (C=O) groups is 1. The zero-order valence-electron chi connectivity index (χ0n) is 16.7. The summed E-state index contributed by atoms with van der Waals surface area (Å²) in [5, 5.41) is 2.96. The number of nitrogens with zero attached hydrogens (tertiary/aromatic N) is 3. The van der Waals surface area contributed by atoms with Gasteiger partial charge in [0.2, 0.25) is 0 Å². The fourth-order valence-corrected chi connectivity index (χ4v) is 3.70. The molecule has 2 aromatic carbocycles. The minimum atomic E-state index is -0.152. The second kappa shape index (κ2) is 8.78. The van der Waals surface area contributed by atoms with Gasteiger partial charge in [-0.15, -0.1) is 0 Å². The van der Waals surface area contributed by atoms with Crippen LogP contribution in [0.1, 0.15) is 30.1 Å². The van der Waals surface area contributed by atoms with Crippen molar-refractivity contribution in [2.24, 2.45) is 0 Å². The van der Waals surface area contributed by atoms with E-state index in [1.165, 1.54) is 18.5 Å². The van der Waals surface area contributed by atoms with Crippen LogP contribution < -0.4 is 15.1 Å². The van der Waals surface area contributed by atoms with Crippen molar-refractivity contribution in [3.8, 4) is 0 Å². The fraction of sp³-hybridized carbons (Fsp3) is 0.250. The van der Waals surface area contributed by atoms with Gasteiger partial charge in [0.05, 0.1) is 5.56 Å². The Morgan fingerprint density at radius 1 is 1.00 bits per heavy atom. The van der Waals surface area contributed by atoms with Gasteiger partial charge in [0, 0.05) is 42.9 Å². The van der Waals surface area contributed by atoms with Gasteiger partial charge in [-0.05, 0) is 68.3 Å². The highest BCUT2D eigenvalue weighted by Gasteiger charge is 2.13. The molecule has 1 saturated heterocycles. The van der Waals surface area contributed by atoms with Gasteiger partial charge >= 0.3 is 0 Å². The molecule has 1 aromatic heterocycles. The number of benzene rings is 2. The van der Waals surface area contributed by atoms with Crippen molar-refractivity contribution in [1.29, 1.82) is 0 Å². The van der Waals surface area contributed by atoms with E-state index in [-0.39, 0.29) is 5.91 Å². The Morgan fingerprint density at radius 3 is 2.34 bits per heavy atom. The summed E-state index contributed by atoms with van der Waals surface area (Å²) >= 11 is 0. The first-order chi connectivity index (χ1) is 14.2. The number of rotatable bonds is 6. The zero-order valence-corrected chi connectivity index (χ0v) is 16.7. The molecule has 3 aromatic rings. The van der Waals surface area contributed by atoms with Crippen molar-refractivity contribution < 1.29 is 4.79 Å². The van der Waals surface area contributed by atoms with Crippen molar-refractivity contribution in [2.75, 3.05) is 34.8 Å². The van der Waals surface area contributed by atoms with Crippen molar-refractivity contribution >= 4 is 28.8 Å². The summed E-state index contributed by atoms with van der Waals surface area (Å²) in [5.74, 6) is 0.672. The van der Waals surface area contributed by atoms with E-state index in [1.807, 2.05) is 42.5 Å². The van der Waals surface area contributed by atoms with Crippen LogP contribution in [0, 0.1) is 0 Å². The van der Waals surface area contributed by atoms with Crippen molar-refractivity contribution in [3.05, 3.63) is 78.5 Å². The quantitative estimate of drug-likeness (QED) is 0.641. The minimum Gasteiger partial charge on any atom is -0.372 e. The Bertz CT molecular complexity index is 933. The summed E-state index contributed by atoms with van der Waals surface area (Å²) in [6.07, 6.45) is 4.14. The molecule has 148 valence electrons. The van der Waals surface area contributed by atoms with E-state index in [1.54, 1.807) is 6.20 Å². The molecule has 0 spiro atoms. The molecule has 2 heterocycles. The third-order valence-corrected chi connectivity index (χ3v) is 5.27. The van der Waals surface area contributed by atoms with E-state index in [9.17, 15) is 4.79 Å². The Balaban J connectivity index is 1.42. The van der Waals surface area contributed by atoms with E-state index >= 15 is 0 Å². The third kappa shape index (κ3) is 4.40. The lowest BCUT2D eigenvalue weighted by atomic mass is 10.2. The number of hydrogen-bond acceptors (Lipinski definition) is 4. The number of hydrogen-bond donors (Lipinski definition) is 1. The van der Waals surface area contributed by atoms with Crippen LogP contribution in [0.25, 0.3) is 0 Å². The summed E-state index contributed by atoms with van der Waals surface area (Å²) in [7, 11) is 0. The Kier molecular flexibility index (Phi) is 5.75. The second-order valence-corrected chi connectivity index (χ2v) is 7.18. The van der Waals surface area contributed by atoms with Crippen molar-refractivity contribution in [1.82, 2.24) is 4.98 Å². The second-order valence-electron chi connectivity index (χ2n) is 7.18. The monoisotopic (exact) mass is 386 g/mol. The molecule has 1 N–H and O–H groups in total. The maximum atomic E-state index is 12.6. The SMILES string of the molecule is CCN(c1ccccc1)c1ccc(C(=O)Nc2ccc(N3CCCC3)cc2)cn1. The summed E-state index contributed by atoms with van der Waals surface area (Å²) in [6, 6.07) is 21.9. The molecule has 1 aliphatic rings. The smallest absolute Gasteiger partial charge is 0.257 e. The van der Waals surface area contributed by atoms with Gasteiger partial charge in [0.15, 0.2) is 0 Å². The maximum absolute atomic E-state index is 12.6. The zero-order chi connectivity index (χ0) is 20.1. The molecule has 1 amide bonds. The first-order valence-corrected chi connectivity index (χ1v) is 10.2. The van der Waals surface area contributed by atoms with Gasteiger partial charge < -0.3 is 15.1 Å². The molecule has 1 aliphatic heterocycles. The molecule has 0 atom stereocenters. The Labute approximate surface area is 172 Å². The minimum absolute atomic E-state index is 0.152. The van der Waals surface area contributed by atoms with Crippen LogP contribution >= 0.6 is 0 Å². The molecular formula is C24H26N4O. The standard InChI is InChI=1S/C24H26N4O/c1-2-28(22-8-4-3-5-9-22)23-15-10-19(18-25-23)24(29)26-20-11-13-21(14-12-20)27-16-6-7-17-27/h3-5,8-15,18H,2,6-7,16-17H2,1H3,(H,26,29). The molecular weight excluding hydrogens is 360 g/mol. The predicted molar refractivity (Wildman–Crippen MR) is 119 cm³/mol. The highest BCUT2D eigenvalue weighted by molar-refractivity contribution is 6.04. The van der Waals surface area contributed by atoms with Gasteiger partial charge in [0.1, 0.15) is 5.82 Å². The number of para-hydroxylation sites is 1. The van der Waals surface area contributed by atoms with E-state index in [0.717, 1.165) is 36.8 Å². The lowest BCUT2D eigenvalue weighted by Gasteiger charge is -2.22. The van der Waals surface area contributed by atoms with Gasteiger partial charge in [-0.2, -0.15) is 0 Å². The van der Waals surface area contributed by atoms with E-state index in [2.05, 4.69) is 51.3 Å². The van der Waals surface area contributed by atoms with E-state index in [4.69, 9.17) is 0 Å². The van der Waals surface area contributed by atoms with Gasteiger partial charge in [-0.1, -0.05) is 18.2 Å². The number of anilines is 4. The molecule has 5 heteroatoms. The molecule has 0 bridgehead atoms. The number of pyridine rings is 1. The summed E-state index contributed by atoms with van der Waals surface area (Å²) in [6.45, 7) is 5.11. The first-order valence-electron chi connectivity index (χ1n) is 10.2.